The molecule has 7 aromatic carbocycles. The summed E-state index contributed by atoms with van der Waals surface area (Å²) in [6.07, 6.45) is 1.89. The fourth-order valence-corrected chi connectivity index (χ4v) is 7.50. The summed E-state index contributed by atoms with van der Waals surface area (Å²) in [6, 6.07) is 68.0. The van der Waals surface area contributed by atoms with Crippen LogP contribution in [0.3, 0.4) is 0 Å². The van der Waals surface area contributed by atoms with Crippen molar-refractivity contribution in [1.29, 1.82) is 0 Å². The van der Waals surface area contributed by atoms with Crippen molar-refractivity contribution in [3.05, 3.63) is 194 Å². The Kier molecular flexibility index (Phi) is 8.78. The van der Waals surface area contributed by atoms with Gasteiger partial charge in [0.1, 0.15) is 5.82 Å². The Morgan fingerprint density at radius 3 is 2.00 bits per heavy atom. The number of fused-ring (bicyclic) bond motifs is 4. The third-order valence-corrected chi connectivity index (χ3v) is 9.93. The van der Waals surface area contributed by atoms with E-state index >= 15 is 0 Å². The zero-order valence-corrected chi connectivity index (χ0v) is 31.3. The van der Waals surface area contributed by atoms with E-state index in [0.29, 0.717) is 18.2 Å². The molecule has 0 saturated carbocycles. The monoisotopic (exact) mass is 875 g/mol. The van der Waals surface area contributed by atoms with Crippen LogP contribution in [0, 0.1) is 12.1 Å². The standard InChI is InChI=1S/C48H32N4O.Pt/c1-3-14-34(15-4-1)40-20-7-8-21-41(40)35-28-29-49-48(30-35)52-44-23-10-9-22-42(44)43-27-26-39(32-47(43)52)53-38-19-13-18-37(31-38)51-33-50(36-16-5-2-6-17-36)45-24-11-12-25-46(45)51;/h1-30H,33H2;/q-2;+2. The molecular formula is C48H32N4OPt. The van der Waals surface area contributed by atoms with Crippen molar-refractivity contribution in [2.75, 3.05) is 16.5 Å². The Labute approximate surface area is 328 Å². The Balaban J connectivity index is 0.00000384. The van der Waals surface area contributed by atoms with Crippen molar-refractivity contribution >= 4 is 44.6 Å². The molecule has 0 amide bonds. The molecule has 9 aromatic rings. The summed E-state index contributed by atoms with van der Waals surface area (Å²) < 4.78 is 8.73. The van der Waals surface area contributed by atoms with Gasteiger partial charge in [0, 0.05) is 28.9 Å². The van der Waals surface area contributed by atoms with E-state index in [1.807, 2.05) is 36.5 Å². The van der Waals surface area contributed by atoms with Crippen molar-refractivity contribution in [3.8, 4) is 39.6 Å². The second-order valence-electron chi connectivity index (χ2n) is 13.1. The quantitative estimate of drug-likeness (QED) is 0.149. The minimum atomic E-state index is 0. The first-order valence-corrected chi connectivity index (χ1v) is 17.7. The zero-order valence-electron chi connectivity index (χ0n) is 29.0. The number of rotatable bonds is 7. The maximum Gasteiger partial charge on any atom is 2.00 e. The maximum atomic E-state index is 6.55. The molecule has 54 heavy (non-hydrogen) atoms. The van der Waals surface area contributed by atoms with E-state index in [0.717, 1.165) is 61.5 Å². The molecule has 6 heteroatoms. The molecule has 0 atom stereocenters. The number of para-hydroxylation sites is 4. The third-order valence-electron chi connectivity index (χ3n) is 9.93. The number of pyridine rings is 1. The SMILES string of the molecule is [Pt+2].[c-]1c(Oc2[c-]c3c(cc2)c2ccccc2n3-c2cc(-c3ccccc3-c3ccccc3)ccn2)cccc1N1CN(c2ccccc2)c2ccccc21. The van der Waals surface area contributed by atoms with Crippen molar-refractivity contribution in [2.45, 2.75) is 0 Å². The minimum Gasteiger partial charge on any atom is -0.509 e. The van der Waals surface area contributed by atoms with Crippen LogP contribution in [0.4, 0.5) is 22.7 Å². The van der Waals surface area contributed by atoms with Gasteiger partial charge in [0.15, 0.2) is 0 Å². The van der Waals surface area contributed by atoms with Crippen LogP contribution in [-0.4, -0.2) is 16.2 Å². The number of aromatic nitrogens is 2. The van der Waals surface area contributed by atoms with Crippen molar-refractivity contribution < 1.29 is 25.8 Å². The number of anilines is 4. The molecule has 0 radical (unpaired) electrons. The Morgan fingerprint density at radius 2 is 1.19 bits per heavy atom. The van der Waals surface area contributed by atoms with Gasteiger partial charge in [-0.3, -0.25) is 0 Å². The predicted molar refractivity (Wildman–Crippen MR) is 216 cm³/mol. The molecule has 0 N–H and O–H groups in total. The maximum absolute atomic E-state index is 6.55. The Morgan fingerprint density at radius 1 is 0.519 bits per heavy atom. The summed E-state index contributed by atoms with van der Waals surface area (Å²) >= 11 is 0. The number of ether oxygens (including phenoxy) is 1. The molecule has 2 aromatic heterocycles. The molecule has 0 aliphatic carbocycles. The summed E-state index contributed by atoms with van der Waals surface area (Å²) in [5, 5.41) is 2.21. The Hall–Kier alpha value is -6.42. The second kappa shape index (κ2) is 14.2. The predicted octanol–water partition coefficient (Wildman–Crippen LogP) is 12.2. The number of hydrogen-bond donors (Lipinski definition) is 0. The van der Waals surface area contributed by atoms with E-state index in [1.165, 1.54) is 11.1 Å². The molecule has 3 heterocycles. The molecule has 1 aliphatic rings. The van der Waals surface area contributed by atoms with Crippen LogP contribution in [0.15, 0.2) is 182 Å². The van der Waals surface area contributed by atoms with Crippen molar-refractivity contribution in [1.82, 2.24) is 9.55 Å². The van der Waals surface area contributed by atoms with Gasteiger partial charge in [-0.2, -0.15) is 12.1 Å². The first kappa shape index (κ1) is 33.4. The summed E-state index contributed by atoms with van der Waals surface area (Å²) in [4.78, 5) is 9.50. The fraction of sp³-hybridized carbons (Fsp3) is 0.0208. The van der Waals surface area contributed by atoms with Gasteiger partial charge < -0.3 is 19.1 Å². The van der Waals surface area contributed by atoms with Crippen molar-refractivity contribution in [3.63, 3.8) is 0 Å². The molecule has 5 nitrogen and oxygen atoms in total. The second-order valence-corrected chi connectivity index (χ2v) is 13.1. The van der Waals surface area contributed by atoms with Crippen LogP contribution >= 0.6 is 0 Å². The van der Waals surface area contributed by atoms with Crippen LogP contribution < -0.4 is 14.5 Å². The van der Waals surface area contributed by atoms with Crippen LogP contribution in [0.2, 0.25) is 0 Å². The molecular weight excluding hydrogens is 844 g/mol. The van der Waals surface area contributed by atoms with Crippen molar-refractivity contribution in [2.24, 2.45) is 0 Å². The van der Waals surface area contributed by atoms with Crippen LogP contribution in [0.5, 0.6) is 11.5 Å². The van der Waals surface area contributed by atoms with E-state index in [1.54, 1.807) is 0 Å². The van der Waals surface area contributed by atoms with E-state index in [9.17, 15) is 0 Å². The normalized spacial score (nSPS) is 12.1. The molecule has 0 fully saturated rings. The first-order chi connectivity index (χ1) is 26.3. The number of benzene rings is 7. The molecule has 1 aliphatic heterocycles. The van der Waals surface area contributed by atoms with Gasteiger partial charge in [0.05, 0.1) is 18.0 Å². The van der Waals surface area contributed by atoms with Crippen LogP contribution in [0.1, 0.15) is 0 Å². The van der Waals surface area contributed by atoms with E-state index in [4.69, 9.17) is 9.72 Å². The van der Waals surface area contributed by atoms with E-state index < -0.39 is 0 Å². The average molecular weight is 876 g/mol. The summed E-state index contributed by atoms with van der Waals surface area (Å²) in [5.74, 6) is 2.04. The van der Waals surface area contributed by atoms with E-state index in [2.05, 4.69) is 172 Å². The van der Waals surface area contributed by atoms with Gasteiger partial charge in [-0.05, 0) is 70.1 Å². The summed E-state index contributed by atoms with van der Waals surface area (Å²) in [5.41, 5.74) is 10.9. The molecule has 260 valence electrons. The fourth-order valence-electron chi connectivity index (χ4n) is 7.50. The van der Waals surface area contributed by atoms with Gasteiger partial charge in [0.2, 0.25) is 0 Å². The topological polar surface area (TPSA) is 33.5 Å². The van der Waals surface area contributed by atoms with Crippen LogP contribution in [-0.2, 0) is 21.1 Å². The molecule has 0 unspecified atom stereocenters. The van der Waals surface area contributed by atoms with Gasteiger partial charge in [-0.15, -0.1) is 35.7 Å². The Bertz CT molecular complexity index is 2760. The molecule has 0 spiro atoms. The number of nitrogens with zero attached hydrogens (tertiary/aromatic N) is 4. The summed E-state index contributed by atoms with van der Waals surface area (Å²) in [6.45, 7) is 0.670. The van der Waals surface area contributed by atoms with Gasteiger partial charge in [-0.25, -0.2) is 4.98 Å². The molecule has 0 saturated heterocycles. The first-order valence-electron chi connectivity index (χ1n) is 17.7. The minimum absolute atomic E-state index is 0. The smallest absolute Gasteiger partial charge is 0.509 e. The van der Waals surface area contributed by atoms with Gasteiger partial charge in [0.25, 0.3) is 0 Å². The van der Waals surface area contributed by atoms with Gasteiger partial charge >= 0.3 is 21.1 Å². The summed E-state index contributed by atoms with van der Waals surface area (Å²) in [7, 11) is 0. The van der Waals surface area contributed by atoms with Gasteiger partial charge in [-0.1, -0.05) is 114 Å². The largest absolute Gasteiger partial charge is 2.00 e. The van der Waals surface area contributed by atoms with Crippen LogP contribution in [0.25, 0.3) is 49.9 Å². The zero-order chi connectivity index (χ0) is 35.1. The number of hydrogen-bond acceptors (Lipinski definition) is 4. The average Bonchev–Trinajstić information content (AvgIpc) is 3.78. The van der Waals surface area contributed by atoms with E-state index in [-0.39, 0.29) is 21.1 Å². The third kappa shape index (κ3) is 5.93. The molecule has 10 rings (SSSR count). The molecule has 0 bridgehead atoms.